The molecule has 2 heteroatoms. The van der Waals surface area contributed by atoms with Crippen molar-refractivity contribution in [2.24, 2.45) is 5.92 Å². The first kappa shape index (κ1) is 20.4. The molecule has 0 amide bonds. The number of hydrogen-bond donors (Lipinski definition) is 1. The Morgan fingerprint density at radius 3 is 1.92 bits per heavy atom. The molecule has 0 aliphatic carbocycles. The summed E-state index contributed by atoms with van der Waals surface area (Å²) < 4.78 is 0. The third-order valence-corrected chi connectivity index (χ3v) is 4.64. The fraction of sp³-hybridized carbons (Fsp3) is 0.417. The summed E-state index contributed by atoms with van der Waals surface area (Å²) in [7, 11) is 2.20. The van der Waals surface area contributed by atoms with Gasteiger partial charge < -0.3 is 10.0 Å². The van der Waals surface area contributed by atoms with Crippen molar-refractivity contribution in [3.05, 3.63) is 70.8 Å². The third kappa shape index (κ3) is 7.15. The molecule has 1 atom stereocenters. The van der Waals surface area contributed by atoms with Crippen LogP contribution >= 0.6 is 0 Å². The maximum Gasteiger partial charge on any atom is 0.0761 e. The summed E-state index contributed by atoms with van der Waals surface area (Å²) in [4.78, 5) is 2.40. The minimum Gasteiger partial charge on any atom is -0.389 e. The molecular formula is C24H33NO. The predicted octanol–water partition coefficient (Wildman–Crippen LogP) is 5.78. The maximum atomic E-state index is 9.56. The van der Waals surface area contributed by atoms with Crippen LogP contribution in [0, 0.1) is 5.92 Å². The van der Waals surface area contributed by atoms with Gasteiger partial charge in [-0.3, -0.25) is 0 Å². The Kier molecular flexibility index (Phi) is 8.08. The lowest BCUT2D eigenvalue weighted by Gasteiger charge is -2.17. The van der Waals surface area contributed by atoms with Gasteiger partial charge in [0, 0.05) is 6.54 Å². The Labute approximate surface area is 159 Å². The van der Waals surface area contributed by atoms with Crippen LogP contribution in [0.3, 0.4) is 0 Å². The Morgan fingerprint density at radius 2 is 1.42 bits per heavy atom. The lowest BCUT2D eigenvalue weighted by molar-refractivity contribution is 0.199. The van der Waals surface area contributed by atoms with E-state index in [4.69, 9.17) is 0 Å². The van der Waals surface area contributed by atoms with Crippen molar-refractivity contribution >= 4 is 12.2 Å². The molecular weight excluding hydrogens is 318 g/mol. The topological polar surface area (TPSA) is 23.5 Å². The normalized spacial score (nSPS) is 13.0. The van der Waals surface area contributed by atoms with Gasteiger partial charge in [-0.05, 0) is 61.5 Å². The van der Waals surface area contributed by atoms with E-state index in [0.717, 1.165) is 30.1 Å². The van der Waals surface area contributed by atoms with E-state index in [0.29, 0.717) is 0 Å². The van der Waals surface area contributed by atoms with Crippen LogP contribution in [-0.2, 0) is 6.54 Å². The Morgan fingerprint density at radius 1 is 0.885 bits per heavy atom. The van der Waals surface area contributed by atoms with Gasteiger partial charge >= 0.3 is 0 Å². The van der Waals surface area contributed by atoms with E-state index in [1.54, 1.807) is 6.92 Å². The first-order chi connectivity index (χ1) is 12.4. The second kappa shape index (κ2) is 10.3. The summed E-state index contributed by atoms with van der Waals surface area (Å²) in [6, 6.07) is 16.8. The molecule has 140 valence electrons. The van der Waals surface area contributed by atoms with Crippen LogP contribution in [0.25, 0.3) is 12.2 Å². The van der Waals surface area contributed by atoms with Gasteiger partial charge in [-0.15, -0.1) is 0 Å². The van der Waals surface area contributed by atoms with Crippen molar-refractivity contribution in [3.63, 3.8) is 0 Å². The summed E-state index contributed by atoms with van der Waals surface area (Å²) in [5.41, 5.74) is 4.65. The third-order valence-electron chi connectivity index (χ3n) is 4.64. The molecule has 2 aromatic rings. The highest BCUT2D eigenvalue weighted by Gasteiger charge is 2.02. The molecule has 2 aromatic carbocycles. The SMILES string of the molecule is CC(C)CCCN(C)Cc1ccc(/C=C/c2ccc(C(C)O)cc2)cc1. The van der Waals surface area contributed by atoms with Crippen molar-refractivity contribution in [2.75, 3.05) is 13.6 Å². The highest BCUT2D eigenvalue weighted by Crippen LogP contribution is 2.15. The minimum atomic E-state index is -0.413. The number of hydrogen-bond acceptors (Lipinski definition) is 2. The Bertz CT molecular complexity index is 668. The van der Waals surface area contributed by atoms with Gasteiger partial charge in [-0.1, -0.05) is 74.5 Å². The average Bonchev–Trinajstić information content (AvgIpc) is 2.61. The summed E-state index contributed by atoms with van der Waals surface area (Å²) >= 11 is 0. The predicted molar refractivity (Wildman–Crippen MR) is 113 cm³/mol. The largest absolute Gasteiger partial charge is 0.389 e. The number of aliphatic hydroxyl groups excluding tert-OH is 1. The van der Waals surface area contributed by atoms with E-state index in [-0.39, 0.29) is 0 Å². The highest BCUT2D eigenvalue weighted by atomic mass is 16.3. The number of rotatable bonds is 9. The fourth-order valence-corrected chi connectivity index (χ4v) is 2.97. The van der Waals surface area contributed by atoms with E-state index in [1.807, 2.05) is 24.3 Å². The average molecular weight is 352 g/mol. The molecule has 0 saturated heterocycles. The molecule has 0 fully saturated rings. The van der Waals surface area contributed by atoms with Gasteiger partial charge in [0.15, 0.2) is 0 Å². The first-order valence-electron chi connectivity index (χ1n) is 9.67. The van der Waals surface area contributed by atoms with Gasteiger partial charge in [0.2, 0.25) is 0 Å². The van der Waals surface area contributed by atoms with Crippen LogP contribution in [0.1, 0.15) is 62.0 Å². The van der Waals surface area contributed by atoms with Crippen molar-refractivity contribution in [1.29, 1.82) is 0 Å². The summed E-state index contributed by atoms with van der Waals surface area (Å²) in [6.07, 6.45) is 6.39. The number of nitrogens with zero attached hydrogens (tertiary/aromatic N) is 1. The van der Waals surface area contributed by atoms with E-state index >= 15 is 0 Å². The molecule has 0 aliphatic heterocycles. The minimum absolute atomic E-state index is 0.413. The van der Waals surface area contributed by atoms with Crippen molar-refractivity contribution < 1.29 is 5.11 Å². The lowest BCUT2D eigenvalue weighted by atomic mass is 10.1. The molecule has 1 N–H and O–H groups in total. The van der Waals surface area contributed by atoms with Crippen LogP contribution in [0.15, 0.2) is 48.5 Å². The summed E-state index contributed by atoms with van der Waals surface area (Å²) in [5.74, 6) is 0.790. The van der Waals surface area contributed by atoms with E-state index in [2.05, 4.69) is 62.2 Å². The van der Waals surface area contributed by atoms with Crippen molar-refractivity contribution in [1.82, 2.24) is 4.90 Å². The maximum absolute atomic E-state index is 9.56. The van der Waals surface area contributed by atoms with E-state index < -0.39 is 6.10 Å². The second-order valence-corrected chi connectivity index (χ2v) is 7.69. The van der Waals surface area contributed by atoms with Crippen LogP contribution in [0.4, 0.5) is 0 Å². The van der Waals surface area contributed by atoms with Gasteiger partial charge in [-0.2, -0.15) is 0 Å². The summed E-state index contributed by atoms with van der Waals surface area (Å²) in [6.45, 7) is 8.51. The van der Waals surface area contributed by atoms with E-state index in [1.165, 1.54) is 24.0 Å². The van der Waals surface area contributed by atoms with Crippen molar-refractivity contribution in [2.45, 2.75) is 46.3 Å². The zero-order valence-electron chi connectivity index (χ0n) is 16.7. The van der Waals surface area contributed by atoms with Gasteiger partial charge in [0.25, 0.3) is 0 Å². The molecule has 0 saturated carbocycles. The second-order valence-electron chi connectivity index (χ2n) is 7.69. The fourth-order valence-electron chi connectivity index (χ4n) is 2.97. The molecule has 0 bridgehead atoms. The van der Waals surface area contributed by atoms with Crippen LogP contribution in [0.5, 0.6) is 0 Å². The Balaban J connectivity index is 1.86. The first-order valence-corrected chi connectivity index (χ1v) is 9.67. The smallest absolute Gasteiger partial charge is 0.0761 e. The molecule has 2 rings (SSSR count). The van der Waals surface area contributed by atoms with Gasteiger partial charge in [0.05, 0.1) is 6.10 Å². The molecule has 1 unspecified atom stereocenters. The van der Waals surface area contributed by atoms with Crippen molar-refractivity contribution in [3.8, 4) is 0 Å². The molecule has 26 heavy (non-hydrogen) atoms. The number of benzene rings is 2. The van der Waals surface area contributed by atoms with Crippen LogP contribution in [-0.4, -0.2) is 23.6 Å². The molecule has 0 aromatic heterocycles. The quantitative estimate of drug-likeness (QED) is 0.579. The highest BCUT2D eigenvalue weighted by molar-refractivity contribution is 5.69. The zero-order chi connectivity index (χ0) is 18.9. The molecule has 0 radical (unpaired) electrons. The summed E-state index contributed by atoms with van der Waals surface area (Å²) in [5, 5.41) is 9.56. The number of aliphatic hydroxyl groups is 1. The van der Waals surface area contributed by atoms with Gasteiger partial charge in [-0.25, -0.2) is 0 Å². The Hall–Kier alpha value is -1.90. The van der Waals surface area contributed by atoms with Crippen LogP contribution < -0.4 is 0 Å². The lowest BCUT2D eigenvalue weighted by Crippen LogP contribution is -2.19. The molecule has 0 spiro atoms. The zero-order valence-corrected chi connectivity index (χ0v) is 16.7. The molecule has 2 nitrogen and oxygen atoms in total. The molecule has 0 aliphatic rings. The standard InChI is InChI=1S/C24H33NO/c1-19(2)6-5-17-25(4)18-23-11-9-21(10-12-23)7-8-22-13-15-24(16-14-22)20(3)26/h7-16,19-20,26H,5-6,17-18H2,1-4H3/b8-7+. The van der Waals surface area contributed by atoms with Gasteiger partial charge in [0.1, 0.15) is 0 Å². The van der Waals surface area contributed by atoms with Crippen LogP contribution in [0.2, 0.25) is 0 Å². The molecule has 0 heterocycles. The monoisotopic (exact) mass is 351 g/mol. The van der Waals surface area contributed by atoms with E-state index in [9.17, 15) is 5.11 Å².